The van der Waals surface area contributed by atoms with Gasteiger partial charge in [0, 0.05) is 29.7 Å². The molecule has 1 atom stereocenters. The number of halogens is 1. The van der Waals surface area contributed by atoms with Crippen molar-refractivity contribution in [2.75, 3.05) is 26.3 Å². The lowest BCUT2D eigenvalue weighted by Crippen LogP contribution is -2.55. The third-order valence-electron chi connectivity index (χ3n) is 3.89. The molecule has 1 aliphatic rings. The summed E-state index contributed by atoms with van der Waals surface area (Å²) in [7, 11) is 0. The van der Waals surface area contributed by atoms with Crippen molar-refractivity contribution in [1.82, 2.24) is 4.90 Å². The van der Waals surface area contributed by atoms with Gasteiger partial charge < -0.3 is 10.5 Å². The molecule has 1 fully saturated rings. The van der Waals surface area contributed by atoms with E-state index in [2.05, 4.69) is 30.9 Å². The van der Waals surface area contributed by atoms with Gasteiger partial charge in [0.25, 0.3) is 0 Å². The van der Waals surface area contributed by atoms with E-state index in [1.807, 2.05) is 13.0 Å². The molecule has 0 saturated carbocycles. The third kappa shape index (κ3) is 3.11. The van der Waals surface area contributed by atoms with Gasteiger partial charge in [0.2, 0.25) is 0 Å². The van der Waals surface area contributed by atoms with E-state index < -0.39 is 0 Å². The Labute approximate surface area is 120 Å². The fourth-order valence-electron chi connectivity index (χ4n) is 2.71. The molecule has 19 heavy (non-hydrogen) atoms. The topological polar surface area (TPSA) is 38.5 Å². The van der Waals surface area contributed by atoms with Crippen molar-refractivity contribution >= 4 is 11.6 Å². The molecular weight excluding hydrogens is 260 g/mol. The van der Waals surface area contributed by atoms with Crippen molar-refractivity contribution in [1.29, 1.82) is 0 Å². The first-order chi connectivity index (χ1) is 8.95. The maximum atomic E-state index is 6.24. The summed E-state index contributed by atoms with van der Waals surface area (Å²) in [5, 5.41) is 0.807. The molecule has 0 aliphatic carbocycles. The van der Waals surface area contributed by atoms with E-state index in [1.165, 1.54) is 5.56 Å². The zero-order valence-electron chi connectivity index (χ0n) is 11.9. The monoisotopic (exact) mass is 282 g/mol. The van der Waals surface area contributed by atoms with Gasteiger partial charge in [0.05, 0.1) is 13.2 Å². The van der Waals surface area contributed by atoms with Crippen LogP contribution in [0.25, 0.3) is 0 Å². The molecular formula is C15H23ClN2O. The lowest BCUT2D eigenvalue weighted by Gasteiger charge is -2.46. The second-order valence-corrected chi connectivity index (χ2v) is 6.23. The first-order valence-electron chi connectivity index (χ1n) is 6.76. The number of morpholine rings is 1. The van der Waals surface area contributed by atoms with Gasteiger partial charge in [-0.2, -0.15) is 0 Å². The van der Waals surface area contributed by atoms with E-state index in [0.717, 1.165) is 30.3 Å². The van der Waals surface area contributed by atoms with Gasteiger partial charge in [-0.1, -0.05) is 23.7 Å². The Kier molecular flexibility index (Phi) is 4.51. The summed E-state index contributed by atoms with van der Waals surface area (Å²) < 4.78 is 5.58. The van der Waals surface area contributed by atoms with E-state index in [9.17, 15) is 0 Å². The number of aryl methyl sites for hydroxylation is 1. The number of nitrogens with two attached hydrogens (primary N) is 1. The maximum absolute atomic E-state index is 6.24. The molecule has 1 aromatic carbocycles. The summed E-state index contributed by atoms with van der Waals surface area (Å²) in [4.78, 5) is 2.43. The lowest BCUT2D eigenvalue weighted by molar-refractivity contribution is -0.0712. The van der Waals surface area contributed by atoms with Crippen LogP contribution >= 0.6 is 11.6 Å². The number of rotatable bonds is 3. The van der Waals surface area contributed by atoms with Gasteiger partial charge in [-0.15, -0.1) is 0 Å². The van der Waals surface area contributed by atoms with Crippen LogP contribution in [0.15, 0.2) is 18.2 Å². The standard InChI is InChI=1S/C15H23ClN2O/c1-11-4-5-12(8-13(11)16)14(9-17)18-6-7-19-10-15(18,2)3/h4-5,8,14H,6-7,9-10,17H2,1-3H3. The largest absolute Gasteiger partial charge is 0.378 e. The minimum atomic E-state index is -0.000348. The Balaban J connectivity index is 2.30. The Bertz CT molecular complexity index is 448. The molecule has 4 heteroatoms. The predicted molar refractivity (Wildman–Crippen MR) is 79.6 cm³/mol. The van der Waals surface area contributed by atoms with Gasteiger partial charge in [0.1, 0.15) is 0 Å². The molecule has 0 bridgehead atoms. The average Bonchev–Trinajstić information content (AvgIpc) is 2.36. The molecule has 3 nitrogen and oxygen atoms in total. The van der Waals surface area contributed by atoms with Crippen molar-refractivity contribution in [3.63, 3.8) is 0 Å². The van der Waals surface area contributed by atoms with E-state index >= 15 is 0 Å². The van der Waals surface area contributed by atoms with Crippen LogP contribution in [-0.2, 0) is 4.74 Å². The molecule has 0 amide bonds. The highest BCUT2D eigenvalue weighted by atomic mass is 35.5. The van der Waals surface area contributed by atoms with Crippen LogP contribution in [0.1, 0.15) is 31.0 Å². The average molecular weight is 283 g/mol. The highest BCUT2D eigenvalue weighted by molar-refractivity contribution is 6.31. The smallest absolute Gasteiger partial charge is 0.0645 e. The molecule has 0 radical (unpaired) electrons. The Morgan fingerprint density at radius 3 is 2.79 bits per heavy atom. The minimum Gasteiger partial charge on any atom is -0.378 e. The molecule has 2 N–H and O–H groups in total. The summed E-state index contributed by atoms with van der Waals surface area (Å²) in [5.41, 5.74) is 8.31. The van der Waals surface area contributed by atoms with Gasteiger partial charge in [-0.05, 0) is 38.0 Å². The summed E-state index contributed by atoms with van der Waals surface area (Å²) in [6, 6.07) is 6.43. The second-order valence-electron chi connectivity index (χ2n) is 5.82. The van der Waals surface area contributed by atoms with Crippen molar-refractivity contribution in [2.24, 2.45) is 5.73 Å². The van der Waals surface area contributed by atoms with E-state index in [4.69, 9.17) is 22.1 Å². The zero-order chi connectivity index (χ0) is 14.0. The molecule has 0 spiro atoms. The molecule has 1 saturated heterocycles. The van der Waals surface area contributed by atoms with Crippen molar-refractivity contribution < 1.29 is 4.74 Å². The van der Waals surface area contributed by atoms with Crippen LogP contribution < -0.4 is 5.73 Å². The van der Waals surface area contributed by atoms with Gasteiger partial charge in [-0.25, -0.2) is 0 Å². The Morgan fingerprint density at radius 2 is 2.21 bits per heavy atom. The zero-order valence-corrected chi connectivity index (χ0v) is 12.7. The third-order valence-corrected chi connectivity index (χ3v) is 4.30. The Hall–Kier alpha value is -0.610. The number of ether oxygens (including phenoxy) is 1. The number of nitrogens with zero attached hydrogens (tertiary/aromatic N) is 1. The van der Waals surface area contributed by atoms with E-state index in [0.29, 0.717) is 6.54 Å². The molecule has 1 heterocycles. The number of hydrogen-bond acceptors (Lipinski definition) is 3. The summed E-state index contributed by atoms with van der Waals surface area (Å²) in [6.45, 7) is 9.41. The highest BCUT2D eigenvalue weighted by Gasteiger charge is 2.35. The molecule has 1 aliphatic heterocycles. The summed E-state index contributed by atoms with van der Waals surface area (Å²) >= 11 is 6.24. The SMILES string of the molecule is Cc1ccc(C(CN)N2CCOCC2(C)C)cc1Cl. The van der Waals surface area contributed by atoms with Crippen LogP contribution in [0.4, 0.5) is 0 Å². The van der Waals surface area contributed by atoms with Crippen LogP contribution in [0, 0.1) is 6.92 Å². The van der Waals surface area contributed by atoms with Gasteiger partial charge in [0.15, 0.2) is 0 Å². The van der Waals surface area contributed by atoms with Crippen LogP contribution in [-0.4, -0.2) is 36.7 Å². The van der Waals surface area contributed by atoms with Crippen LogP contribution in [0.3, 0.4) is 0 Å². The first-order valence-corrected chi connectivity index (χ1v) is 7.14. The Morgan fingerprint density at radius 1 is 1.47 bits per heavy atom. The summed E-state index contributed by atoms with van der Waals surface area (Å²) in [5.74, 6) is 0. The van der Waals surface area contributed by atoms with Crippen LogP contribution in [0.2, 0.25) is 5.02 Å². The van der Waals surface area contributed by atoms with Crippen LogP contribution in [0.5, 0.6) is 0 Å². The normalized spacial score (nSPS) is 21.3. The second kappa shape index (κ2) is 5.80. The molecule has 2 rings (SSSR count). The van der Waals surface area contributed by atoms with Gasteiger partial charge in [-0.3, -0.25) is 4.90 Å². The molecule has 1 unspecified atom stereocenters. The maximum Gasteiger partial charge on any atom is 0.0645 e. The number of benzene rings is 1. The highest BCUT2D eigenvalue weighted by Crippen LogP contribution is 2.31. The number of hydrogen-bond donors (Lipinski definition) is 1. The minimum absolute atomic E-state index is 0.000348. The molecule has 0 aromatic heterocycles. The van der Waals surface area contributed by atoms with Crippen molar-refractivity contribution in [3.05, 3.63) is 34.3 Å². The lowest BCUT2D eigenvalue weighted by atomic mass is 9.95. The fourth-order valence-corrected chi connectivity index (χ4v) is 2.90. The summed E-state index contributed by atoms with van der Waals surface area (Å²) in [6.07, 6.45) is 0. The predicted octanol–water partition coefficient (Wildman–Crippen LogP) is 2.76. The fraction of sp³-hybridized carbons (Fsp3) is 0.600. The van der Waals surface area contributed by atoms with Crippen molar-refractivity contribution in [3.8, 4) is 0 Å². The quantitative estimate of drug-likeness (QED) is 0.926. The van der Waals surface area contributed by atoms with Gasteiger partial charge >= 0.3 is 0 Å². The van der Waals surface area contributed by atoms with Crippen molar-refractivity contribution in [2.45, 2.75) is 32.4 Å². The van der Waals surface area contributed by atoms with E-state index in [-0.39, 0.29) is 11.6 Å². The first kappa shape index (κ1) is 14.8. The van der Waals surface area contributed by atoms with E-state index in [1.54, 1.807) is 0 Å². The molecule has 106 valence electrons. The molecule has 1 aromatic rings.